The number of esters is 1. The lowest BCUT2D eigenvalue weighted by Crippen LogP contribution is -2.59. The van der Waals surface area contributed by atoms with Crippen LogP contribution in [0.2, 0.25) is 0 Å². The minimum atomic E-state index is -1.25. The summed E-state index contributed by atoms with van der Waals surface area (Å²) in [6.45, 7) is 14.8. The number of likely N-dealkylation sites (N-methyl/N-ethyl adjacent to an activating group) is 1. The summed E-state index contributed by atoms with van der Waals surface area (Å²) in [5.74, 6) is -2.94. The van der Waals surface area contributed by atoms with Gasteiger partial charge in [0.2, 0.25) is 0 Å². The van der Waals surface area contributed by atoms with Crippen molar-refractivity contribution in [1.82, 2.24) is 15.5 Å². The first-order chi connectivity index (χ1) is 24.0. The summed E-state index contributed by atoms with van der Waals surface area (Å²) < 4.78 is 25.6. The Bertz CT molecular complexity index is 1210. The number of hydrogen-bond donors (Lipinski definition) is 4. The molecule has 0 spiro atoms. The van der Waals surface area contributed by atoms with Gasteiger partial charge in [0.05, 0.1) is 12.2 Å². The number of primary amides is 1. The Hall–Kier alpha value is -2.09. The predicted molar refractivity (Wildman–Crippen MR) is 196 cm³/mol. The smallest absolute Gasteiger partial charge is 0.405 e. The number of aliphatic hydroxyl groups excluding tert-OH is 1. The SMILES string of the molecule is CC[C@@H]1OC(=O)[C@H](C)C(=O)[C@H](C)[C@H](OC2OC(CNC3CC3)CC(N(C)C)C2O)[C@@]2(C)CC/C=C\CC[C@H]([C@@H](C)NC[C@H](C)C2)[C@@]1(C)OC(N)=O. The van der Waals surface area contributed by atoms with Gasteiger partial charge in [0.1, 0.15) is 18.1 Å². The average Bonchev–Trinajstić information content (AvgIpc) is 3.90. The van der Waals surface area contributed by atoms with Gasteiger partial charge in [-0.2, -0.15) is 0 Å². The minimum Gasteiger partial charge on any atom is -0.458 e. The molecule has 2 saturated heterocycles. The van der Waals surface area contributed by atoms with Crippen LogP contribution in [0.3, 0.4) is 0 Å². The van der Waals surface area contributed by atoms with E-state index >= 15 is 0 Å². The summed E-state index contributed by atoms with van der Waals surface area (Å²) in [5, 5.41) is 19.0. The summed E-state index contributed by atoms with van der Waals surface area (Å²) >= 11 is 0. The molecule has 51 heavy (non-hydrogen) atoms. The molecule has 1 saturated carbocycles. The third-order valence-corrected chi connectivity index (χ3v) is 12.3. The monoisotopic (exact) mass is 721 g/mol. The van der Waals surface area contributed by atoms with Gasteiger partial charge in [-0.25, -0.2) is 4.79 Å². The van der Waals surface area contributed by atoms with E-state index in [0.717, 1.165) is 32.1 Å². The topological polar surface area (TPSA) is 162 Å². The third-order valence-electron chi connectivity index (χ3n) is 12.3. The molecule has 0 aromatic carbocycles. The second kappa shape index (κ2) is 17.8. The van der Waals surface area contributed by atoms with Gasteiger partial charge in [0.15, 0.2) is 17.7 Å². The number of carbonyl (C=O) groups is 3. The molecular formula is C39H68N4O8. The number of carbonyl (C=O) groups excluding carboxylic acids is 3. The van der Waals surface area contributed by atoms with Gasteiger partial charge >= 0.3 is 12.1 Å². The van der Waals surface area contributed by atoms with E-state index in [1.54, 1.807) is 13.8 Å². The van der Waals surface area contributed by atoms with E-state index in [-0.39, 0.29) is 35.8 Å². The van der Waals surface area contributed by atoms with Crippen LogP contribution in [0.1, 0.15) is 106 Å². The van der Waals surface area contributed by atoms with Gasteiger partial charge in [-0.3, -0.25) is 9.59 Å². The molecule has 1 aliphatic carbocycles. The van der Waals surface area contributed by atoms with Crippen molar-refractivity contribution >= 4 is 17.8 Å². The fourth-order valence-electron chi connectivity index (χ4n) is 9.11. The van der Waals surface area contributed by atoms with E-state index in [9.17, 15) is 19.5 Å². The zero-order valence-corrected chi connectivity index (χ0v) is 32.7. The Kier molecular flexibility index (Phi) is 14.6. The second-order valence-corrected chi connectivity index (χ2v) is 16.8. The largest absolute Gasteiger partial charge is 0.458 e. The van der Waals surface area contributed by atoms with Gasteiger partial charge in [-0.1, -0.05) is 39.8 Å². The second-order valence-electron chi connectivity index (χ2n) is 16.8. The molecule has 0 aromatic heterocycles. The number of Topliss-reactive ketones (excluding diaryl/α,β-unsaturated/α-hetero) is 1. The van der Waals surface area contributed by atoms with Crippen LogP contribution in [0.4, 0.5) is 4.79 Å². The van der Waals surface area contributed by atoms with E-state index in [2.05, 4.69) is 43.6 Å². The number of fused-ring (bicyclic) bond motifs is 6. The van der Waals surface area contributed by atoms with E-state index < -0.39 is 59.5 Å². The van der Waals surface area contributed by atoms with Crippen LogP contribution in [-0.4, -0.2) is 109 Å². The normalized spacial score (nSPS) is 42.8. The number of allylic oxidation sites excluding steroid dienone is 2. The first-order valence-electron chi connectivity index (χ1n) is 19.5. The first-order valence-corrected chi connectivity index (χ1v) is 19.5. The highest BCUT2D eigenvalue weighted by atomic mass is 16.7. The van der Waals surface area contributed by atoms with Crippen LogP contribution in [0.15, 0.2) is 12.2 Å². The highest BCUT2D eigenvalue weighted by Crippen LogP contribution is 2.44. The molecule has 4 aliphatic rings. The number of hydrogen-bond acceptors (Lipinski definition) is 11. The molecule has 4 rings (SSSR count). The molecule has 13 atom stereocenters. The Labute approximate surface area is 306 Å². The highest BCUT2D eigenvalue weighted by molar-refractivity contribution is 6.00. The Morgan fingerprint density at radius 1 is 1.12 bits per heavy atom. The summed E-state index contributed by atoms with van der Waals surface area (Å²) in [6.07, 6.45) is 6.68. The molecule has 3 fully saturated rings. The molecule has 0 radical (unpaired) electrons. The van der Waals surface area contributed by atoms with E-state index in [1.165, 1.54) is 0 Å². The minimum absolute atomic E-state index is 0.130. The third kappa shape index (κ3) is 10.3. The zero-order chi connectivity index (χ0) is 37.7. The van der Waals surface area contributed by atoms with Crippen molar-refractivity contribution in [1.29, 1.82) is 0 Å². The maximum Gasteiger partial charge on any atom is 0.405 e. The van der Waals surface area contributed by atoms with Crippen LogP contribution in [0.5, 0.6) is 0 Å². The standard InChI is InChI=1S/C39H68N4O8/c1-10-31-39(7,51-37(40)47)29-15-13-11-12-14-18-38(6,20-23(2)21-41-26(29)5)34(24(3)32(44)25(4)35(46)49-31)50-36-33(45)30(43(8)9)19-28(48-36)22-42-27-16-17-27/h11-12,23-31,33-34,36,41-42,45H,10,13-22H2,1-9H3,(H2,40,47)/b12-11-/t23-,24+,25-,26-,28?,29-,30?,31+,33?,34+,36?,38+,39-/m1/s1. The Morgan fingerprint density at radius 3 is 2.43 bits per heavy atom. The molecule has 12 heteroatoms. The molecule has 0 aromatic rings. The van der Waals surface area contributed by atoms with Crippen LogP contribution < -0.4 is 16.4 Å². The van der Waals surface area contributed by atoms with Crippen LogP contribution in [0.25, 0.3) is 0 Å². The molecule has 1 amide bonds. The van der Waals surface area contributed by atoms with Crippen molar-refractivity contribution in [2.24, 2.45) is 34.8 Å². The molecule has 4 unspecified atom stereocenters. The lowest BCUT2D eigenvalue weighted by molar-refractivity contribution is -0.288. The fraction of sp³-hybridized carbons (Fsp3) is 0.872. The van der Waals surface area contributed by atoms with Crippen molar-refractivity contribution in [3.05, 3.63) is 12.2 Å². The highest BCUT2D eigenvalue weighted by Gasteiger charge is 2.51. The number of nitrogens with one attached hydrogen (secondary N) is 2. The van der Waals surface area contributed by atoms with Gasteiger partial charge in [0.25, 0.3) is 0 Å². The maximum absolute atomic E-state index is 14.5. The van der Waals surface area contributed by atoms with Crippen molar-refractivity contribution in [2.75, 3.05) is 27.2 Å². The molecule has 2 bridgehead atoms. The molecule has 5 N–H and O–H groups in total. The molecule has 3 heterocycles. The summed E-state index contributed by atoms with van der Waals surface area (Å²) in [5.41, 5.74) is 3.88. The first kappa shape index (κ1) is 41.7. The number of aliphatic hydroxyl groups is 1. The number of ketones is 1. The zero-order valence-electron chi connectivity index (χ0n) is 32.7. The molecular weight excluding hydrogens is 652 g/mol. The van der Waals surface area contributed by atoms with Crippen LogP contribution >= 0.6 is 0 Å². The maximum atomic E-state index is 14.5. The van der Waals surface area contributed by atoms with Gasteiger partial charge < -0.3 is 45.3 Å². The van der Waals surface area contributed by atoms with Crippen molar-refractivity contribution in [3.63, 3.8) is 0 Å². The van der Waals surface area contributed by atoms with Gasteiger partial charge in [-0.05, 0) is 111 Å². The number of rotatable bonds is 8. The quantitative estimate of drug-likeness (QED) is 0.161. The van der Waals surface area contributed by atoms with Crippen molar-refractivity contribution in [3.8, 4) is 0 Å². The van der Waals surface area contributed by atoms with E-state index in [0.29, 0.717) is 44.8 Å². The summed E-state index contributed by atoms with van der Waals surface area (Å²) in [6, 6.07) is 0.177. The average molecular weight is 721 g/mol. The van der Waals surface area contributed by atoms with Crippen LogP contribution in [0, 0.1) is 29.1 Å². The van der Waals surface area contributed by atoms with Gasteiger partial charge in [-0.15, -0.1) is 0 Å². The molecule has 3 aliphatic heterocycles. The number of amides is 1. The Morgan fingerprint density at radius 2 is 1.80 bits per heavy atom. The predicted octanol–water partition coefficient (Wildman–Crippen LogP) is 4.32. The number of nitrogens with two attached hydrogens (primary N) is 1. The van der Waals surface area contributed by atoms with Crippen molar-refractivity contribution in [2.45, 2.75) is 161 Å². The lowest BCUT2D eigenvalue weighted by Gasteiger charge is -2.48. The fourth-order valence-corrected chi connectivity index (χ4v) is 9.11. The molecule has 12 nitrogen and oxygen atoms in total. The number of cyclic esters (lactones) is 1. The molecule has 292 valence electrons. The summed E-state index contributed by atoms with van der Waals surface area (Å²) in [7, 11) is 3.91. The van der Waals surface area contributed by atoms with Crippen molar-refractivity contribution < 1.29 is 38.4 Å². The van der Waals surface area contributed by atoms with Gasteiger partial charge in [0, 0.05) is 36.5 Å². The number of ether oxygens (including phenoxy) is 4. The van der Waals surface area contributed by atoms with E-state index in [4.69, 9.17) is 24.7 Å². The van der Waals surface area contributed by atoms with Crippen LogP contribution in [-0.2, 0) is 28.5 Å². The summed E-state index contributed by atoms with van der Waals surface area (Å²) in [4.78, 5) is 42.8. The van der Waals surface area contributed by atoms with E-state index in [1.807, 2.05) is 32.8 Å². The number of nitrogens with zero attached hydrogens (tertiary/aromatic N) is 1. The lowest BCUT2D eigenvalue weighted by atomic mass is 9.68. The Balaban J connectivity index is 1.79.